The number of aromatic nitrogens is 6. The summed E-state index contributed by atoms with van der Waals surface area (Å²) in [6, 6.07) is 5.37. The number of benzene rings is 1. The smallest absolute Gasteiger partial charge is 0.258 e. The van der Waals surface area contributed by atoms with Gasteiger partial charge in [-0.25, -0.2) is 4.98 Å². The number of rotatable bonds is 3. The molecule has 0 bridgehead atoms. The Hall–Kier alpha value is -1.77. The van der Waals surface area contributed by atoms with Crippen molar-refractivity contribution in [3.05, 3.63) is 45.6 Å². The van der Waals surface area contributed by atoms with Crippen molar-refractivity contribution in [1.29, 1.82) is 0 Å². The molecule has 0 aliphatic heterocycles. The van der Waals surface area contributed by atoms with Crippen LogP contribution in [0.15, 0.2) is 35.3 Å². The number of nitrogens with one attached hydrogen (secondary N) is 1. The van der Waals surface area contributed by atoms with E-state index in [1.807, 2.05) is 12.1 Å². The van der Waals surface area contributed by atoms with E-state index in [4.69, 9.17) is 23.2 Å². The first-order valence-corrected chi connectivity index (χ1v) is 7.15. The van der Waals surface area contributed by atoms with Crippen LogP contribution in [0.1, 0.15) is 0 Å². The standard InChI is InChI=1S/C11H6BrCl2N7/c12-7-2-1-6(3-8(7)13)17-10-18-9(14)19-11(20-10)21-5-15-4-16-21/h1-5H,(H,17,18,19,20). The van der Waals surface area contributed by atoms with Crippen LogP contribution in [0.4, 0.5) is 11.6 Å². The molecule has 3 rings (SSSR count). The van der Waals surface area contributed by atoms with Gasteiger partial charge in [0.15, 0.2) is 0 Å². The van der Waals surface area contributed by atoms with Crippen LogP contribution in [0.2, 0.25) is 10.3 Å². The van der Waals surface area contributed by atoms with Gasteiger partial charge in [0.1, 0.15) is 12.7 Å². The summed E-state index contributed by atoms with van der Waals surface area (Å²) in [5.74, 6) is 0.539. The van der Waals surface area contributed by atoms with Crippen molar-refractivity contribution in [2.75, 3.05) is 5.32 Å². The van der Waals surface area contributed by atoms with Crippen molar-refractivity contribution >= 4 is 50.8 Å². The Kier molecular flexibility index (Phi) is 4.00. The van der Waals surface area contributed by atoms with Gasteiger partial charge in [-0.3, -0.25) is 0 Å². The van der Waals surface area contributed by atoms with E-state index in [0.717, 1.165) is 10.2 Å². The number of hydrogen-bond acceptors (Lipinski definition) is 6. The van der Waals surface area contributed by atoms with Crippen molar-refractivity contribution in [2.45, 2.75) is 0 Å². The number of halogens is 3. The van der Waals surface area contributed by atoms with Gasteiger partial charge in [-0.1, -0.05) is 11.6 Å². The fraction of sp³-hybridized carbons (Fsp3) is 0. The Morgan fingerprint density at radius 3 is 2.71 bits per heavy atom. The van der Waals surface area contributed by atoms with Crippen LogP contribution in [0.25, 0.3) is 5.95 Å². The summed E-state index contributed by atoms with van der Waals surface area (Å²) in [5, 5.41) is 7.55. The molecule has 0 saturated carbocycles. The largest absolute Gasteiger partial charge is 0.324 e. The van der Waals surface area contributed by atoms with Crippen LogP contribution in [0.3, 0.4) is 0 Å². The van der Waals surface area contributed by atoms with E-state index in [2.05, 4.69) is 46.3 Å². The van der Waals surface area contributed by atoms with Crippen molar-refractivity contribution in [3.8, 4) is 5.95 Å². The third-order valence-corrected chi connectivity index (χ3v) is 3.80. The summed E-state index contributed by atoms with van der Waals surface area (Å²) >= 11 is 15.3. The Bertz CT molecular complexity index is 778. The van der Waals surface area contributed by atoms with Crippen LogP contribution in [-0.2, 0) is 0 Å². The summed E-state index contributed by atoms with van der Waals surface area (Å²) in [6.07, 6.45) is 2.84. The average molecular weight is 387 g/mol. The first-order valence-electron chi connectivity index (χ1n) is 5.60. The number of anilines is 2. The minimum Gasteiger partial charge on any atom is -0.324 e. The minimum absolute atomic E-state index is 0.0428. The molecule has 21 heavy (non-hydrogen) atoms. The first kappa shape index (κ1) is 14.2. The monoisotopic (exact) mass is 385 g/mol. The summed E-state index contributed by atoms with van der Waals surface area (Å²) in [4.78, 5) is 16.0. The molecule has 3 aromatic rings. The van der Waals surface area contributed by atoms with Crippen LogP contribution in [0, 0.1) is 0 Å². The lowest BCUT2D eigenvalue weighted by Crippen LogP contribution is -2.07. The number of hydrogen-bond donors (Lipinski definition) is 1. The van der Waals surface area contributed by atoms with Crippen LogP contribution in [0.5, 0.6) is 0 Å². The van der Waals surface area contributed by atoms with Crippen molar-refractivity contribution < 1.29 is 0 Å². The molecule has 0 radical (unpaired) electrons. The van der Waals surface area contributed by atoms with E-state index in [1.54, 1.807) is 6.07 Å². The maximum absolute atomic E-state index is 6.04. The van der Waals surface area contributed by atoms with Gasteiger partial charge in [0.05, 0.1) is 5.02 Å². The molecule has 2 heterocycles. The molecular weight excluding hydrogens is 381 g/mol. The molecule has 0 aliphatic carbocycles. The molecule has 0 spiro atoms. The lowest BCUT2D eigenvalue weighted by molar-refractivity contribution is 0.796. The topological polar surface area (TPSA) is 81.4 Å². The van der Waals surface area contributed by atoms with E-state index >= 15 is 0 Å². The lowest BCUT2D eigenvalue weighted by Gasteiger charge is -2.07. The normalized spacial score (nSPS) is 10.6. The zero-order chi connectivity index (χ0) is 14.8. The van der Waals surface area contributed by atoms with E-state index < -0.39 is 0 Å². The van der Waals surface area contributed by atoms with Gasteiger partial charge >= 0.3 is 0 Å². The molecule has 0 saturated heterocycles. The van der Waals surface area contributed by atoms with Crippen LogP contribution < -0.4 is 5.32 Å². The van der Waals surface area contributed by atoms with Crippen molar-refractivity contribution in [3.63, 3.8) is 0 Å². The van der Waals surface area contributed by atoms with Gasteiger partial charge in [0.2, 0.25) is 11.2 Å². The molecule has 0 aliphatic rings. The Balaban J connectivity index is 1.93. The second-order valence-corrected chi connectivity index (χ2v) is 5.42. The van der Waals surface area contributed by atoms with E-state index in [0.29, 0.717) is 5.02 Å². The third-order valence-electron chi connectivity index (χ3n) is 2.40. The van der Waals surface area contributed by atoms with Gasteiger partial charge in [0, 0.05) is 10.2 Å². The molecule has 1 aromatic carbocycles. The van der Waals surface area contributed by atoms with Gasteiger partial charge in [0.25, 0.3) is 5.95 Å². The van der Waals surface area contributed by atoms with Crippen molar-refractivity contribution in [2.24, 2.45) is 0 Å². The van der Waals surface area contributed by atoms with E-state index in [-0.39, 0.29) is 17.2 Å². The maximum atomic E-state index is 6.04. The highest BCUT2D eigenvalue weighted by atomic mass is 79.9. The van der Waals surface area contributed by atoms with Crippen LogP contribution in [-0.4, -0.2) is 29.7 Å². The highest BCUT2D eigenvalue weighted by Gasteiger charge is 2.08. The highest BCUT2D eigenvalue weighted by Crippen LogP contribution is 2.26. The predicted octanol–water partition coefficient (Wildman–Crippen LogP) is 3.27. The predicted molar refractivity (Wildman–Crippen MR) is 82.2 cm³/mol. The molecule has 106 valence electrons. The van der Waals surface area contributed by atoms with E-state index in [1.165, 1.54) is 17.3 Å². The summed E-state index contributed by atoms with van der Waals surface area (Å²) in [5.41, 5.74) is 0.718. The fourth-order valence-electron chi connectivity index (χ4n) is 1.51. The van der Waals surface area contributed by atoms with Gasteiger partial charge in [-0.05, 0) is 45.7 Å². The van der Waals surface area contributed by atoms with E-state index in [9.17, 15) is 0 Å². The zero-order valence-corrected chi connectivity index (χ0v) is 13.3. The first-order chi connectivity index (χ1) is 10.1. The van der Waals surface area contributed by atoms with Gasteiger partial charge in [-0.2, -0.15) is 24.7 Å². The Morgan fingerprint density at radius 1 is 1.14 bits per heavy atom. The summed E-state index contributed by atoms with van der Waals surface area (Å²) in [7, 11) is 0. The Labute approximate surface area is 137 Å². The molecule has 7 nitrogen and oxygen atoms in total. The summed E-state index contributed by atoms with van der Waals surface area (Å²) in [6.45, 7) is 0. The zero-order valence-electron chi connectivity index (χ0n) is 10.2. The fourth-order valence-corrected chi connectivity index (χ4v) is 2.10. The SMILES string of the molecule is Clc1nc(Nc2ccc(Br)c(Cl)c2)nc(-n2cncn2)n1. The van der Waals surface area contributed by atoms with Crippen molar-refractivity contribution in [1.82, 2.24) is 29.7 Å². The molecule has 0 unspecified atom stereocenters. The molecule has 0 fully saturated rings. The second-order valence-electron chi connectivity index (χ2n) is 3.82. The van der Waals surface area contributed by atoms with Gasteiger partial charge < -0.3 is 5.32 Å². The highest BCUT2D eigenvalue weighted by molar-refractivity contribution is 9.10. The second kappa shape index (κ2) is 5.92. The molecule has 2 aromatic heterocycles. The average Bonchev–Trinajstić information content (AvgIpc) is 2.96. The number of nitrogens with zero attached hydrogens (tertiary/aromatic N) is 6. The quantitative estimate of drug-likeness (QED) is 0.743. The lowest BCUT2D eigenvalue weighted by atomic mass is 10.3. The minimum atomic E-state index is 0.0428. The third kappa shape index (κ3) is 3.29. The molecular formula is C11H6BrCl2N7. The van der Waals surface area contributed by atoms with Crippen LogP contribution >= 0.6 is 39.1 Å². The molecule has 1 N–H and O–H groups in total. The molecule has 0 atom stereocenters. The Morgan fingerprint density at radius 2 is 2.00 bits per heavy atom. The summed E-state index contributed by atoms with van der Waals surface area (Å²) < 4.78 is 2.18. The molecule has 0 amide bonds. The maximum Gasteiger partial charge on any atom is 0.258 e. The molecule has 10 heteroatoms. The van der Waals surface area contributed by atoms with Gasteiger partial charge in [-0.15, -0.1) is 0 Å².